The fourth-order valence-corrected chi connectivity index (χ4v) is 5.68. The Balaban J connectivity index is 1.41. The van der Waals surface area contributed by atoms with E-state index in [0.29, 0.717) is 17.4 Å². The Hall–Kier alpha value is -2.21. The molecular formula is C22H25N3O2S. The molecule has 5 nitrogen and oxygen atoms in total. The molecule has 5 rings (SSSR count). The van der Waals surface area contributed by atoms with Gasteiger partial charge in [-0.15, -0.1) is 11.3 Å². The number of fused-ring (bicyclic) bond motifs is 1. The largest absolute Gasteiger partial charge is 0.323 e. The van der Waals surface area contributed by atoms with Crippen molar-refractivity contribution in [2.24, 2.45) is 5.92 Å². The summed E-state index contributed by atoms with van der Waals surface area (Å²) < 4.78 is 0. The van der Waals surface area contributed by atoms with Crippen LogP contribution in [0.2, 0.25) is 0 Å². The topological polar surface area (TPSA) is 62.3 Å². The lowest BCUT2D eigenvalue weighted by Gasteiger charge is -2.33. The molecule has 1 aromatic heterocycles. The predicted molar refractivity (Wildman–Crippen MR) is 109 cm³/mol. The van der Waals surface area contributed by atoms with Crippen molar-refractivity contribution in [1.29, 1.82) is 0 Å². The number of anilines is 1. The van der Waals surface area contributed by atoms with Crippen LogP contribution in [0.15, 0.2) is 35.8 Å². The number of nitrogens with zero attached hydrogens (tertiary/aromatic N) is 2. The highest BCUT2D eigenvalue weighted by atomic mass is 32.1. The number of carbonyl (C=O) groups excluding carboxylic acids is 2. The molecule has 0 spiro atoms. The van der Waals surface area contributed by atoms with Gasteiger partial charge < -0.3 is 10.2 Å². The van der Waals surface area contributed by atoms with Gasteiger partial charge in [-0.3, -0.25) is 9.59 Å². The van der Waals surface area contributed by atoms with Gasteiger partial charge in [0, 0.05) is 17.5 Å². The third-order valence-electron chi connectivity index (χ3n) is 6.44. The number of rotatable bonds is 4. The van der Waals surface area contributed by atoms with E-state index in [-0.39, 0.29) is 17.9 Å². The van der Waals surface area contributed by atoms with Gasteiger partial charge in [0.05, 0.1) is 11.2 Å². The van der Waals surface area contributed by atoms with Crippen molar-refractivity contribution < 1.29 is 9.59 Å². The van der Waals surface area contributed by atoms with E-state index in [0.717, 1.165) is 49.2 Å². The minimum absolute atomic E-state index is 0.0122. The second-order valence-electron chi connectivity index (χ2n) is 8.27. The third-order valence-corrected chi connectivity index (χ3v) is 7.20. The monoisotopic (exact) mass is 395 g/mol. The highest BCUT2D eigenvalue weighted by Crippen LogP contribution is 2.45. The second kappa shape index (κ2) is 7.32. The van der Waals surface area contributed by atoms with Gasteiger partial charge in [0.25, 0.3) is 5.91 Å². The summed E-state index contributed by atoms with van der Waals surface area (Å²) in [6, 6.07) is 9.17. The van der Waals surface area contributed by atoms with Gasteiger partial charge in [0.15, 0.2) is 0 Å². The minimum Gasteiger partial charge on any atom is -0.323 e. The zero-order chi connectivity index (χ0) is 19.1. The van der Waals surface area contributed by atoms with E-state index in [1.165, 1.54) is 17.8 Å². The predicted octanol–water partition coefficient (Wildman–Crippen LogP) is 4.43. The lowest BCUT2D eigenvalue weighted by Crippen LogP contribution is -2.47. The number of aromatic nitrogens is 1. The van der Waals surface area contributed by atoms with Crippen molar-refractivity contribution in [3.63, 3.8) is 0 Å². The summed E-state index contributed by atoms with van der Waals surface area (Å²) in [7, 11) is 0. The lowest BCUT2D eigenvalue weighted by molar-refractivity contribution is -0.120. The maximum atomic E-state index is 13.3. The molecule has 0 radical (unpaired) electrons. The number of nitrogens with one attached hydrogen (secondary N) is 1. The highest BCUT2D eigenvalue weighted by molar-refractivity contribution is 7.14. The quantitative estimate of drug-likeness (QED) is 0.833. The van der Waals surface area contributed by atoms with Crippen LogP contribution in [-0.2, 0) is 4.79 Å². The Morgan fingerprint density at radius 1 is 1.07 bits per heavy atom. The van der Waals surface area contributed by atoms with E-state index in [2.05, 4.69) is 10.3 Å². The first-order valence-electron chi connectivity index (χ1n) is 10.3. The van der Waals surface area contributed by atoms with Crippen LogP contribution in [0.1, 0.15) is 66.9 Å². The third kappa shape index (κ3) is 3.24. The Labute approximate surface area is 169 Å². The number of amides is 2. The van der Waals surface area contributed by atoms with E-state index in [1.807, 2.05) is 40.7 Å². The highest BCUT2D eigenvalue weighted by Gasteiger charge is 2.47. The van der Waals surface area contributed by atoms with E-state index in [9.17, 15) is 9.59 Å². The summed E-state index contributed by atoms with van der Waals surface area (Å²) in [5.74, 6) is 0.864. The molecule has 2 aliphatic carbocycles. The summed E-state index contributed by atoms with van der Waals surface area (Å²) in [4.78, 5) is 33.0. The molecule has 0 unspecified atom stereocenters. The first-order valence-corrected chi connectivity index (χ1v) is 11.2. The second-order valence-corrected chi connectivity index (χ2v) is 9.13. The van der Waals surface area contributed by atoms with E-state index in [1.54, 1.807) is 0 Å². The van der Waals surface area contributed by atoms with Crippen LogP contribution in [0.5, 0.6) is 0 Å². The van der Waals surface area contributed by atoms with Crippen LogP contribution >= 0.6 is 11.3 Å². The number of thiazole rings is 1. The summed E-state index contributed by atoms with van der Waals surface area (Å²) in [5, 5.41) is 3.99. The summed E-state index contributed by atoms with van der Waals surface area (Å²) >= 11 is 1.49. The molecule has 28 heavy (non-hydrogen) atoms. The van der Waals surface area contributed by atoms with Crippen molar-refractivity contribution in [2.45, 2.75) is 62.9 Å². The molecule has 3 atom stereocenters. The van der Waals surface area contributed by atoms with Crippen LogP contribution < -0.4 is 5.32 Å². The van der Waals surface area contributed by atoms with Crippen molar-refractivity contribution in [3.8, 4) is 0 Å². The maximum absolute atomic E-state index is 13.3. The molecule has 2 amide bonds. The molecular weight excluding hydrogens is 370 g/mol. The van der Waals surface area contributed by atoms with Gasteiger partial charge >= 0.3 is 0 Å². The average Bonchev–Trinajstić information content (AvgIpc) is 3.34. The van der Waals surface area contributed by atoms with Gasteiger partial charge in [-0.05, 0) is 50.2 Å². The first-order chi connectivity index (χ1) is 13.7. The molecule has 1 saturated heterocycles. The summed E-state index contributed by atoms with van der Waals surface area (Å²) in [6.45, 7) is 0. The first kappa shape index (κ1) is 17.9. The van der Waals surface area contributed by atoms with Gasteiger partial charge in [-0.25, -0.2) is 4.98 Å². The van der Waals surface area contributed by atoms with E-state index in [4.69, 9.17) is 0 Å². The van der Waals surface area contributed by atoms with Gasteiger partial charge in [-0.1, -0.05) is 31.0 Å². The fourth-order valence-electron chi connectivity index (χ4n) is 4.91. The van der Waals surface area contributed by atoms with Crippen LogP contribution in [0.25, 0.3) is 0 Å². The number of hydrogen-bond acceptors (Lipinski definition) is 4. The fraction of sp³-hybridized carbons (Fsp3) is 0.500. The minimum atomic E-state index is -0.394. The van der Waals surface area contributed by atoms with Crippen LogP contribution in [0.4, 0.5) is 5.00 Å². The molecule has 3 aliphatic rings. The van der Waals surface area contributed by atoms with Gasteiger partial charge in [0.2, 0.25) is 5.91 Å². The zero-order valence-electron chi connectivity index (χ0n) is 15.8. The Kier molecular flexibility index (Phi) is 4.67. The van der Waals surface area contributed by atoms with Crippen LogP contribution in [-0.4, -0.2) is 33.8 Å². The molecule has 6 heteroatoms. The number of benzene rings is 1. The number of likely N-dealkylation sites (tertiary alicyclic amines) is 1. The molecule has 1 aromatic carbocycles. The molecule has 0 bridgehead atoms. The molecule has 2 aromatic rings. The van der Waals surface area contributed by atoms with Crippen molar-refractivity contribution >= 4 is 28.2 Å². The molecule has 1 N–H and O–H groups in total. The standard InChI is InChI=1S/C22H25N3O2S/c26-20(24-21-19(14-10-11-14)23-13-28-21)18-12-16-8-4-5-9-17(16)25(18)22(27)15-6-2-1-3-7-15/h1-3,6-7,13-14,16-18H,4-5,8-12H2,(H,24,26)/t16-,17-,18+/m1/s1. The molecule has 2 heterocycles. The molecule has 146 valence electrons. The van der Waals surface area contributed by atoms with Crippen LogP contribution in [0.3, 0.4) is 0 Å². The Morgan fingerprint density at radius 2 is 1.86 bits per heavy atom. The maximum Gasteiger partial charge on any atom is 0.254 e. The Bertz CT molecular complexity index is 877. The van der Waals surface area contributed by atoms with Gasteiger partial charge in [-0.2, -0.15) is 0 Å². The average molecular weight is 396 g/mol. The normalized spacial score (nSPS) is 26.7. The van der Waals surface area contributed by atoms with E-state index < -0.39 is 6.04 Å². The SMILES string of the molecule is O=C(Nc1scnc1C1CC1)[C@@H]1C[C@H]2CCCC[C@H]2N1C(=O)c1ccccc1. The molecule has 2 saturated carbocycles. The van der Waals surface area contributed by atoms with Crippen molar-refractivity contribution in [3.05, 3.63) is 47.1 Å². The summed E-state index contributed by atoms with van der Waals surface area (Å²) in [6.07, 6.45) is 7.52. The van der Waals surface area contributed by atoms with E-state index >= 15 is 0 Å². The number of hydrogen-bond donors (Lipinski definition) is 1. The zero-order valence-corrected chi connectivity index (χ0v) is 16.7. The van der Waals surface area contributed by atoms with Crippen molar-refractivity contribution in [1.82, 2.24) is 9.88 Å². The lowest BCUT2D eigenvalue weighted by atomic mass is 9.84. The Morgan fingerprint density at radius 3 is 2.64 bits per heavy atom. The smallest absolute Gasteiger partial charge is 0.254 e. The molecule has 3 fully saturated rings. The van der Waals surface area contributed by atoms with Gasteiger partial charge in [0.1, 0.15) is 11.0 Å². The van der Waals surface area contributed by atoms with Crippen molar-refractivity contribution in [2.75, 3.05) is 5.32 Å². The van der Waals surface area contributed by atoms with Crippen LogP contribution in [0, 0.1) is 5.92 Å². The number of carbonyl (C=O) groups is 2. The summed E-state index contributed by atoms with van der Waals surface area (Å²) in [5.41, 5.74) is 3.50. The molecule has 1 aliphatic heterocycles.